The second-order valence-electron chi connectivity index (χ2n) is 3.96. The Morgan fingerprint density at radius 3 is 2.93 bits per heavy atom. The van der Waals surface area contributed by atoms with E-state index in [9.17, 15) is 4.79 Å². The fourth-order valence-electron chi connectivity index (χ4n) is 1.67. The smallest absolute Gasteiger partial charge is 0.240 e. The fourth-order valence-corrected chi connectivity index (χ4v) is 1.67. The molecule has 0 radical (unpaired) electrons. The summed E-state index contributed by atoms with van der Waals surface area (Å²) in [6, 6.07) is -0.137. The first kappa shape index (κ1) is 11.1. The first-order valence-electron chi connectivity index (χ1n) is 5.14. The third-order valence-electron chi connectivity index (χ3n) is 2.78. The molecule has 1 heterocycles. The predicted molar refractivity (Wildman–Crippen MR) is 56.7 cm³/mol. The summed E-state index contributed by atoms with van der Waals surface area (Å²) in [5, 5.41) is 6.07. The molecule has 0 aromatic rings. The van der Waals surface area contributed by atoms with Crippen molar-refractivity contribution in [2.24, 2.45) is 0 Å². The number of amides is 1. The van der Waals surface area contributed by atoms with Crippen molar-refractivity contribution in [1.82, 2.24) is 10.6 Å². The second-order valence-corrected chi connectivity index (χ2v) is 3.96. The molecule has 1 saturated heterocycles. The molecule has 2 unspecified atom stereocenters. The number of terminal acetylenes is 1. The molecular weight excluding hydrogens is 176 g/mol. The summed E-state index contributed by atoms with van der Waals surface area (Å²) >= 11 is 0. The quantitative estimate of drug-likeness (QED) is 0.648. The molecular formula is C11H18N2O. The summed E-state index contributed by atoms with van der Waals surface area (Å²) in [6.45, 7) is 4.81. The largest absolute Gasteiger partial charge is 0.341 e. The van der Waals surface area contributed by atoms with Crippen molar-refractivity contribution in [3.8, 4) is 12.3 Å². The van der Waals surface area contributed by atoms with Crippen molar-refractivity contribution in [3.63, 3.8) is 0 Å². The first-order chi connectivity index (χ1) is 6.62. The van der Waals surface area contributed by atoms with Crippen LogP contribution in [0.2, 0.25) is 0 Å². The summed E-state index contributed by atoms with van der Waals surface area (Å²) in [5.41, 5.74) is -0.412. The second kappa shape index (κ2) is 4.47. The van der Waals surface area contributed by atoms with Crippen LogP contribution in [0.3, 0.4) is 0 Å². The van der Waals surface area contributed by atoms with E-state index in [0.29, 0.717) is 0 Å². The van der Waals surface area contributed by atoms with Gasteiger partial charge in [-0.25, -0.2) is 0 Å². The molecule has 0 spiro atoms. The highest BCUT2D eigenvalue weighted by atomic mass is 16.2. The van der Waals surface area contributed by atoms with Crippen molar-refractivity contribution < 1.29 is 4.79 Å². The highest BCUT2D eigenvalue weighted by molar-refractivity contribution is 5.86. The molecule has 3 heteroatoms. The van der Waals surface area contributed by atoms with Gasteiger partial charge < -0.3 is 10.6 Å². The van der Waals surface area contributed by atoms with Crippen molar-refractivity contribution in [2.75, 3.05) is 6.54 Å². The van der Waals surface area contributed by atoms with Gasteiger partial charge in [-0.2, -0.15) is 0 Å². The number of hydrogen-bond acceptors (Lipinski definition) is 2. The minimum absolute atomic E-state index is 0.0276. The van der Waals surface area contributed by atoms with Gasteiger partial charge in [0.1, 0.15) is 0 Å². The van der Waals surface area contributed by atoms with Crippen LogP contribution in [0.15, 0.2) is 0 Å². The lowest BCUT2D eigenvalue weighted by atomic mass is 9.99. The summed E-state index contributed by atoms with van der Waals surface area (Å²) in [6.07, 6.45) is 8.01. The van der Waals surface area contributed by atoms with Crippen molar-refractivity contribution in [1.29, 1.82) is 0 Å². The average Bonchev–Trinajstić information content (AvgIpc) is 2.62. The third kappa shape index (κ3) is 2.27. The number of hydrogen-bond donors (Lipinski definition) is 2. The van der Waals surface area contributed by atoms with Gasteiger partial charge in [0.05, 0.1) is 11.6 Å². The topological polar surface area (TPSA) is 41.1 Å². The van der Waals surface area contributed by atoms with Crippen LogP contribution in [0.5, 0.6) is 0 Å². The molecule has 14 heavy (non-hydrogen) atoms. The zero-order chi connectivity index (χ0) is 10.6. The molecule has 1 amide bonds. The Kier molecular flexibility index (Phi) is 3.54. The first-order valence-corrected chi connectivity index (χ1v) is 5.14. The fraction of sp³-hybridized carbons (Fsp3) is 0.727. The molecule has 1 rings (SSSR count). The summed E-state index contributed by atoms with van der Waals surface area (Å²) in [5.74, 6) is 2.59. The Hall–Kier alpha value is -1.01. The normalized spacial score (nSPS) is 28.1. The van der Waals surface area contributed by atoms with Gasteiger partial charge in [0.25, 0.3) is 0 Å². The maximum absolute atomic E-state index is 11.8. The van der Waals surface area contributed by atoms with Crippen LogP contribution in [-0.2, 0) is 4.79 Å². The van der Waals surface area contributed by atoms with Crippen LogP contribution < -0.4 is 10.6 Å². The van der Waals surface area contributed by atoms with Crippen LogP contribution >= 0.6 is 0 Å². The van der Waals surface area contributed by atoms with E-state index in [1.807, 2.05) is 13.8 Å². The van der Waals surface area contributed by atoms with Crippen LogP contribution in [0.25, 0.3) is 0 Å². The summed E-state index contributed by atoms with van der Waals surface area (Å²) < 4.78 is 0. The average molecular weight is 194 g/mol. The van der Waals surface area contributed by atoms with Gasteiger partial charge in [0, 0.05) is 0 Å². The van der Waals surface area contributed by atoms with Gasteiger partial charge in [-0.3, -0.25) is 4.79 Å². The molecule has 0 aliphatic carbocycles. The number of carbonyl (C=O) groups excluding carboxylic acids is 1. The van der Waals surface area contributed by atoms with E-state index < -0.39 is 5.54 Å². The zero-order valence-electron chi connectivity index (χ0n) is 8.89. The van der Waals surface area contributed by atoms with E-state index in [1.54, 1.807) is 0 Å². The Bertz CT molecular complexity index is 249. The SMILES string of the molecule is C#CC(CC)NC(=O)C1(C)CCCN1. The number of nitrogens with one attached hydrogen (secondary N) is 2. The highest BCUT2D eigenvalue weighted by Gasteiger charge is 2.36. The molecule has 2 atom stereocenters. The van der Waals surface area contributed by atoms with Crippen molar-refractivity contribution in [2.45, 2.75) is 44.7 Å². The van der Waals surface area contributed by atoms with E-state index in [-0.39, 0.29) is 11.9 Å². The lowest BCUT2D eigenvalue weighted by Gasteiger charge is -2.24. The van der Waals surface area contributed by atoms with Gasteiger partial charge in [0.2, 0.25) is 5.91 Å². The summed E-state index contributed by atoms with van der Waals surface area (Å²) in [4.78, 5) is 11.8. The van der Waals surface area contributed by atoms with Crippen LogP contribution in [0.4, 0.5) is 0 Å². The predicted octanol–water partition coefficient (Wildman–Crippen LogP) is 0.656. The lowest BCUT2D eigenvalue weighted by Crippen LogP contribution is -2.53. The van der Waals surface area contributed by atoms with Crippen LogP contribution in [0.1, 0.15) is 33.1 Å². The molecule has 78 valence electrons. The molecule has 2 N–H and O–H groups in total. The standard InChI is InChI=1S/C11H18N2O/c1-4-9(5-2)13-10(14)11(3)7-6-8-12-11/h1,9,12H,5-8H2,2-3H3,(H,13,14). The van der Waals surface area contributed by atoms with Crippen molar-refractivity contribution >= 4 is 5.91 Å². The van der Waals surface area contributed by atoms with E-state index in [4.69, 9.17) is 6.42 Å². The number of rotatable bonds is 3. The Balaban J connectivity index is 2.53. The molecule has 1 fully saturated rings. The van der Waals surface area contributed by atoms with Crippen LogP contribution in [-0.4, -0.2) is 24.0 Å². The van der Waals surface area contributed by atoms with Gasteiger partial charge in [-0.1, -0.05) is 12.8 Å². The van der Waals surface area contributed by atoms with E-state index in [1.165, 1.54) is 0 Å². The maximum atomic E-state index is 11.8. The van der Waals surface area contributed by atoms with E-state index in [2.05, 4.69) is 16.6 Å². The maximum Gasteiger partial charge on any atom is 0.240 e. The zero-order valence-corrected chi connectivity index (χ0v) is 8.89. The summed E-state index contributed by atoms with van der Waals surface area (Å²) in [7, 11) is 0. The highest BCUT2D eigenvalue weighted by Crippen LogP contribution is 2.18. The Morgan fingerprint density at radius 1 is 1.79 bits per heavy atom. The van der Waals surface area contributed by atoms with E-state index >= 15 is 0 Å². The molecule has 1 aliphatic heterocycles. The minimum atomic E-state index is -0.412. The Labute approximate surface area is 85.6 Å². The van der Waals surface area contributed by atoms with Gasteiger partial charge in [-0.05, 0) is 32.7 Å². The van der Waals surface area contributed by atoms with Crippen LogP contribution in [0, 0.1) is 12.3 Å². The minimum Gasteiger partial charge on any atom is -0.341 e. The molecule has 0 aromatic carbocycles. The van der Waals surface area contributed by atoms with Gasteiger partial charge >= 0.3 is 0 Å². The number of carbonyl (C=O) groups is 1. The van der Waals surface area contributed by atoms with Crippen molar-refractivity contribution in [3.05, 3.63) is 0 Å². The molecule has 0 bridgehead atoms. The van der Waals surface area contributed by atoms with E-state index in [0.717, 1.165) is 25.8 Å². The Morgan fingerprint density at radius 2 is 2.50 bits per heavy atom. The van der Waals surface area contributed by atoms with Gasteiger partial charge in [0.15, 0.2) is 0 Å². The lowest BCUT2D eigenvalue weighted by molar-refractivity contribution is -0.126. The molecule has 0 aromatic heterocycles. The molecule has 0 saturated carbocycles. The van der Waals surface area contributed by atoms with Gasteiger partial charge in [-0.15, -0.1) is 6.42 Å². The molecule has 3 nitrogen and oxygen atoms in total. The third-order valence-corrected chi connectivity index (χ3v) is 2.78. The monoisotopic (exact) mass is 194 g/mol. The molecule has 1 aliphatic rings.